The van der Waals surface area contributed by atoms with Crippen molar-refractivity contribution in [1.29, 1.82) is 0 Å². The second kappa shape index (κ2) is 8.39. The molecule has 4 nitrogen and oxygen atoms in total. The summed E-state index contributed by atoms with van der Waals surface area (Å²) < 4.78 is 13.0. The molecule has 2 unspecified atom stereocenters. The van der Waals surface area contributed by atoms with Crippen molar-refractivity contribution >= 4 is 11.9 Å². The maximum Gasteiger partial charge on any atom is 0.303 e. The maximum absolute atomic E-state index is 13.0. The number of nitrogens with one attached hydrogen (secondary N) is 1. The van der Waals surface area contributed by atoms with Gasteiger partial charge in [0.15, 0.2) is 0 Å². The molecule has 0 aliphatic heterocycles. The summed E-state index contributed by atoms with van der Waals surface area (Å²) >= 11 is 0. The van der Waals surface area contributed by atoms with Crippen molar-refractivity contribution in [2.45, 2.75) is 33.1 Å². The van der Waals surface area contributed by atoms with E-state index in [1.165, 1.54) is 12.1 Å². The molecule has 0 heterocycles. The normalized spacial score (nSPS) is 13.5. The number of halogens is 1. The van der Waals surface area contributed by atoms with Crippen LogP contribution in [0.3, 0.4) is 0 Å². The first-order valence-corrected chi connectivity index (χ1v) is 7.12. The first-order chi connectivity index (χ1) is 9.88. The molecule has 2 atom stereocenters. The van der Waals surface area contributed by atoms with Crippen molar-refractivity contribution in [3.63, 3.8) is 0 Å². The van der Waals surface area contributed by atoms with Gasteiger partial charge in [0, 0.05) is 18.9 Å². The molecule has 0 radical (unpaired) electrons. The van der Waals surface area contributed by atoms with E-state index in [1.807, 2.05) is 13.0 Å². The molecular weight excluding hydrogens is 273 g/mol. The van der Waals surface area contributed by atoms with Gasteiger partial charge in [0.1, 0.15) is 5.82 Å². The first kappa shape index (κ1) is 17.1. The van der Waals surface area contributed by atoms with Crippen LogP contribution in [0.15, 0.2) is 24.3 Å². The molecule has 0 aliphatic rings. The Kier molecular flexibility index (Phi) is 6.85. The molecule has 1 amide bonds. The van der Waals surface area contributed by atoms with E-state index in [0.29, 0.717) is 19.4 Å². The summed E-state index contributed by atoms with van der Waals surface area (Å²) in [6, 6.07) is 6.36. The first-order valence-electron chi connectivity index (χ1n) is 7.12. The molecule has 0 spiro atoms. The highest BCUT2D eigenvalue weighted by Gasteiger charge is 2.15. The summed E-state index contributed by atoms with van der Waals surface area (Å²) in [5.74, 6) is -1.51. The quantitative estimate of drug-likeness (QED) is 0.774. The van der Waals surface area contributed by atoms with Crippen LogP contribution in [-0.4, -0.2) is 23.5 Å². The number of benzene rings is 1. The maximum atomic E-state index is 13.0. The minimum absolute atomic E-state index is 0.0396. The smallest absolute Gasteiger partial charge is 0.303 e. The van der Waals surface area contributed by atoms with E-state index in [0.717, 1.165) is 5.56 Å². The third kappa shape index (κ3) is 6.88. The van der Waals surface area contributed by atoms with Crippen molar-refractivity contribution in [3.8, 4) is 0 Å². The van der Waals surface area contributed by atoms with Gasteiger partial charge in [0.25, 0.3) is 0 Å². The topological polar surface area (TPSA) is 66.4 Å². The van der Waals surface area contributed by atoms with Crippen LogP contribution in [0.25, 0.3) is 0 Å². The average molecular weight is 295 g/mol. The standard InChI is InChI=1S/C16H22FNO3/c1-11(8-15(19)20)10-18-16(21)12(2)6-7-13-4-3-5-14(17)9-13/h3-5,9,11-12H,6-8,10H2,1-2H3,(H,18,21)(H,19,20). The van der Waals surface area contributed by atoms with Crippen LogP contribution in [0.2, 0.25) is 0 Å². The monoisotopic (exact) mass is 295 g/mol. The molecule has 5 heteroatoms. The summed E-state index contributed by atoms with van der Waals surface area (Å²) in [4.78, 5) is 22.4. The Hall–Kier alpha value is -1.91. The van der Waals surface area contributed by atoms with Crippen LogP contribution in [0.1, 0.15) is 32.3 Å². The molecule has 0 fully saturated rings. The lowest BCUT2D eigenvalue weighted by Gasteiger charge is -2.14. The van der Waals surface area contributed by atoms with Crippen molar-refractivity contribution < 1.29 is 19.1 Å². The van der Waals surface area contributed by atoms with Gasteiger partial charge < -0.3 is 10.4 Å². The Morgan fingerprint density at radius 1 is 1.33 bits per heavy atom. The fourth-order valence-electron chi connectivity index (χ4n) is 2.03. The van der Waals surface area contributed by atoms with Crippen LogP contribution in [0, 0.1) is 17.7 Å². The summed E-state index contributed by atoms with van der Waals surface area (Å²) in [6.45, 7) is 3.96. The van der Waals surface area contributed by atoms with E-state index in [4.69, 9.17) is 5.11 Å². The van der Waals surface area contributed by atoms with Crippen molar-refractivity contribution in [2.24, 2.45) is 11.8 Å². The summed E-state index contributed by atoms with van der Waals surface area (Å²) in [7, 11) is 0. The molecule has 0 saturated carbocycles. The summed E-state index contributed by atoms with van der Waals surface area (Å²) in [6.07, 6.45) is 1.30. The predicted octanol–water partition coefficient (Wildman–Crippen LogP) is 2.62. The van der Waals surface area contributed by atoms with Crippen molar-refractivity contribution in [1.82, 2.24) is 5.32 Å². The summed E-state index contributed by atoms with van der Waals surface area (Å²) in [5.41, 5.74) is 0.869. The Morgan fingerprint density at radius 2 is 2.05 bits per heavy atom. The highest BCUT2D eigenvalue weighted by Crippen LogP contribution is 2.11. The number of carboxylic acids is 1. The molecule has 1 aromatic carbocycles. The minimum Gasteiger partial charge on any atom is -0.481 e. The number of hydrogen-bond donors (Lipinski definition) is 2. The Bertz CT molecular complexity index is 490. The highest BCUT2D eigenvalue weighted by molar-refractivity contribution is 5.78. The van der Waals surface area contributed by atoms with Gasteiger partial charge in [0.2, 0.25) is 5.91 Å². The number of amides is 1. The van der Waals surface area contributed by atoms with E-state index >= 15 is 0 Å². The Balaban J connectivity index is 2.32. The predicted molar refractivity (Wildman–Crippen MR) is 78.3 cm³/mol. The highest BCUT2D eigenvalue weighted by atomic mass is 19.1. The number of carboxylic acid groups (broad SMARTS) is 1. The molecule has 1 aromatic rings. The van der Waals surface area contributed by atoms with Gasteiger partial charge >= 0.3 is 5.97 Å². The van der Waals surface area contributed by atoms with E-state index < -0.39 is 5.97 Å². The van der Waals surface area contributed by atoms with Crippen molar-refractivity contribution in [3.05, 3.63) is 35.6 Å². The lowest BCUT2D eigenvalue weighted by atomic mass is 10.00. The third-order valence-electron chi connectivity index (χ3n) is 3.35. The fraction of sp³-hybridized carbons (Fsp3) is 0.500. The molecule has 0 saturated heterocycles. The van der Waals surface area contributed by atoms with Gasteiger partial charge in [-0.2, -0.15) is 0 Å². The zero-order chi connectivity index (χ0) is 15.8. The van der Waals surface area contributed by atoms with Crippen LogP contribution in [-0.2, 0) is 16.0 Å². The van der Waals surface area contributed by atoms with E-state index in [2.05, 4.69) is 5.32 Å². The number of rotatable bonds is 8. The van der Waals surface area contributed by atoms with Gasteiger partial charge in [-0.1, -0.05) is 26.0 Å². The SMILES string of the molecule is CC(CNC(=O)C(C)CCc1cccc(F)c1)CC(=O)O. The zero-order valence-corrected chi connectivity index (χ0v) is 12.4. The number of aliphatic carboxylic acids is 1. The largest absolute Gasteiger partial charge is 0.481 e. The van der Waals surface area contributed by atoms with Gasteiger partial charge in [-0.3, -0.25) is 9.59 Å². The average Bonchev–Trinajstić information content (AvgIpc) is 2.41. The second-order valence-corrected chi connectivity index (χ2v) is 5.52. The Labute approximate surface area is 124 Å². The lowest BCUT2D eigenvalue weighted by Crippen LogP contribution is -2.33. The molecule has 0 aliphatic carbocycles. The van der Waals surface area contributed by atoms with E-state index in [1.54, 1.807) is 13.0 Å². The lowest BCUT2D eigenvalue weighted by molar-refractivity contribution is -0.138. The molecule has 0 bridgehead atoms. The molecule has 116 valence electrons. The Morgan fingerprint density at radius 3 is 2.67 bits per heavy atom. The third-order valence-corrected chi connectivity index (χ3v) is 3.35. The number of carbonyl (C=O) groups is 2. The second-order valence-electron chi connectivity index (χ2n) is 5.52. The number of carbonyl (C=O) groups excluding carboxylic acids is 1. The minimum atomic E-state index is -0.865. The number of hydrogen-bond acceptors (Lipinski definition) is 2. The van der Waals surface area contributed by atoms with Crippen LogP contribution in [0.4, 0.5) is 4.39 Å². The molecule has 21 heavy (non-hydrogen) atoms. The van der Waals surface area contributed by atoms with Gasteiger partial charge in [0.05, 0.1) is 0 Å². The van der Waals surface area contributed by atoms with Crippen molar-refractivity contribution in [2.75, 3.05) is 6.54 Å². The van der Waals surface area contributed by atoms with Crippen LogP contribution in [0.5, 0.6) is 0 Å². The van der Waals surface area contributed by atoms with Gasteiger partial charge in [-0.15, -0.1) is 0 Å². The van der Waals surface area contributed by atoms with Gasteiger partial charge in [-0.05, 0) is 36.5 Å². The molecular formula is C16H22FNO3. The molecule has 0 aromatic heterocycles. The summed E-state index contributed by atoms with van der Waals surface area (Å²) in [5, 5.41) is 11.4. The van der Waals surface area contributed by atoms with E-state index in [-0.39, 0.29) is 30.0 Å². The van der Waals surface area contributed by atoms with Crippen LogP contribution < -0.4 is 5.32 Å². The number of aryl methyl sites for hydroxylation is 1. The van der Waals surface area contributed by atoms with Gasteiger partial charge in [-0.25, -0.2) is 4.39 Å². The fourth-order valence-corrected chi connectivity index (χ4v) is 2.03. The zero-order valence-electron chi connectivity index (χ0n) is 12.4. The molecule has 1 rings (SSSR count). The van der Waals surface area contributed by atoms with Crippen LogP contribution >= 0.6 is 0 Å². The van der Waals surface area contributed by atoms with E-state index in [9.17, 15) is 14.0 Å². The molecule has 2 N–H and O–H groups in total.